The molecule has 8 heteroatoms. The number of nitrogens with one attached hydrogen (secondary N) is 1. The van der Waals surface area contributed by atoms with Crippen LogP contribution in [0.15, 0.2) is 23.1 Å². The summed E-state index contributed by atoms with van der Waals surface area (Å²) in [7, 11) is -2.48. The molecule has 2 aliphatic rings. The molecule has 0 aromatic heterocycles. The monoisotopic (exact) mass is 365 g/mol. The van der Waals surface area contributed by atoms with Gasteiger partial charge < -0.3 is 5.73 Å². The minimum Gasteiger partial charge on any atom is -0.329 e. The first-order chi connectivity index (χ1) is 11.7. The predicted octanol–water partition coefficient (Wildman–Crippen LogP) is 1.10. The number of nitrogens with two attached hydrogens (primary N) is 1. The van der Waals surface area contributed by atoms with Crippen LogP contribution in [0.25, 0.3) is 0 Å². The molecule has 0 radical (unpaired) electrons. The van der Waals surface area contributed by atoms with Crippen LogP contribution in [0.5, 0.6) is 0 Å². The van der Waals surface area contributed by atoms with Crippen molar-refractivity contribution >= 4 is 21.8 Å². The molecule has 1 saturated carbocycles. The summed E-state index contributed by atoms with van der Waals surface area (Å²) < 4.78 is 28.6. The fourth-order valence-corrected chi connectivity index (χ4v) is 5.30. The number of amides is 2. The normalized spacial score (nSPS) is 26.8. The zero-order chi connectivity index (χ0) is 18.4. The maximum Gasteiger partial charge on any atom is 0.261 e. The first-order valence-corrected chi connectivity index (χ1v) is 9.91. The quantitative estimate of drug-likeness (QED) is 0.777. The summed E-state index contributed by atoms with van der Waals surface area (Å²) in [4.78, 5) is 25.0. The van der Waals surface area contributed by atoms with Gasteiger partial charge in [-0.05, 0) is 37.0 Å². The lowest BCUT2D eigenvalue weighted by Crippen LogP contribution is -2.58. The second-order valence-electron chi connectivity index (χ2n) is 6.99. The highest BCUT2D eigenvalue weighted by atomic mass is 32.2. The van der Waals surface area contributed by atoms with Gasteiger partial charge >= 0.3 is 0 Å². The Morgan fingerprint density at radius 1 is 1.24 bits per heavy atom. The third kappa shape index (κ3) is 2.88. The molecule has 1 fully saturated rings. The molecule has 0 bridgehead atoms. The Hall–Kier alpha value is -1.77. The van der Waals surface area contributed by atoms with Gasteiger partial charge in [0.1, 0.15) is 0 Å². The molecule has 1 aliphatic carbocycles. The van der Waals surface area contributed by atoms with Crippen molar-refractivity contribution in [3.63, 3.8) is 0 Å². The summed E-state index contributed by atoms with van der Waals surface area (Å²) >= 11 is 0. The Labute approximate surface area is 147 Å². The molecular formula is C17H23N3O4S. The molecule has 3 rings (SSSR count). The van der Waals surface area contributed by atoms with E-state index in [1.807, 2.05) is 6.92 Å². The van der Waals surface area contributed by atoms with Crippen LogP contribution in [-0.2, 0) is 10.0 Å². The van der Waals surface area contributed by atoms with Gasteiger partial charge in [-0.15, -0.1) is 0 Å². The number of hydrogen-bond acceptors (Lipinski definition) is 5. The lowest BCUT2D eigenvalue weighted by atomic mass is 9.74. The van der Waals surface area contributed by atoms with Crippen molar-refractivity contribution in [2.24, 2.45) is 11.7 Å². The van der Waals surface area contributed by atoms with Crippen LogP contribution in [0, 0.1) is 5.92 Å². The lowest BCUT2D eigenvalue weighted by Gasteiger charge is -2.42. The summed E-state index contributed by atoms with van der Waals surface area (Å²) in [6, 6.07) is 4.04. The standard InChI is InChI=1S/C17H23N3O4S/c1-11-5-3-4-8-17(11,10-18)19-25(23,24)12-6-7-13-14(9-12)16(22)20(2)15(13)21/h6-7,9,11,19H,3-5,8,10,18H2,1-2H3. The topological polar surface area (TPSA) is 110 Å². The highest BCUT2D eigenvalue weighted by Gasteiger charge is 2.41. The third-order valence-electron chi connectivity index (χ3n) is 5.53. The van der Waals surface area contributed by atoms with Gasteiger partial charge in [-0.2, -0.15) is 0 Å². The van der Waals surface area contributed by atoms with Crippen molar-refractivity contribution < 1.29 is 18.0 Å². The van der Waals surface area contributed by atoms with E-state index in [1.54, 1.807) is 0 Å². The second kappa shape index (κ2) is 6.19. The van der Waals surface area contributed by atoms with Gasteiger partial charge in [0.2, 0.25) is 10.0 Å². The molecule has 2 amide bonds. The van der Waals surface area contributed by atoms with Gasteiger partial charge in [0.05, 0.1) is 16.0 Å². The van der Waals surface area contributed by atoms with E-state index in [4.69, 9.17) is 5.73 Å². The largest absolute Gasteiger partial charge is 0.329 e. The molecule has 1 aliphatic heterocycles. The summed E-state index contributed by atoms with van der Waals surface area (Å²) in [5.74, 6) is -0.780. The van der Waals surface area contributed by atoms with Crippen LogP contribution in [-0.4, -0.2) is 44.3 Å². The second-order valence-corrected chi connectivity index (χ2v) is 8.67. The molecular weight excluding hydrogens is 342 g/mol. The molecule has 0 saturated heterocycles. The average molecular weight is 365 g/mol. The zero-order valence-corrected chi connectivity index (χ0v) is 15.2. The van der Waals surface area contributed by atoms with Gasteiger partial charge in [0, 0.05) is 19.1 Å². The maximum absolute atomic E-state index is 12.9. The van der Waals surface area contributed by atoms with E-state index in [0.717, 1.165) is 24.2 Å². The number of carbonyl (C=O) groups excluding carboxylic acids is 2. The summed E-state index contributed by atoms with van der Waals surface area (Å²) in [5.41, 5.74) is 5.60. The van der Waals surface area contributed by atoms with Crippen LogP contribution in [0.4, 0.5) is 0 Å². The Morgan fingerprint density at radius 3 is 2.56 bits per heavy atom. The average Bonchev–Trinajstić information content (AvgIpc) is 2.81. The van der Waals surface area contributed by atoms with E-state index in [0.29, 0.717) is 6.42 Å². The highest BCUT2D eigenvalue weighted by Crippen LogP contribution is 2.34. The molecule has 3 N–H and O–H groups in total. The van der Waals surface area contributed by atoms with Crippen molar-refractivity contribution in [2.75, 3.05) is 13.6 Å². The molecule has 136 valence electrons. The third-order valence-corrected chi connectivity index (χ3v) is 7.08. The predicted molar refractivity (Wildman–Crippen MR) is 92.6 cm³/mol. The van der Waals surface area contributed by atoms with Crippen molar-refractivity contribution in [2.45, 2.75) is 43.0 Å². The molecule has 2 atom stereocenters. The van der Waals surface area contributed by atoms with Crippen molar-refractivity contribution in [3.05, 3.63) is 29.3 Å². The first-order valence-electron chi connectivity index (χ1n) is 8.42. The number of benzene rings is 1. The fraction of sp³-hybridized carbons (Fsp3) is 0.529. The van der Waals surface area contributed by atoms with Gasteiger partial charge in [-0.3, -0.25) is 14.5 Å². The van der Waals surface area contributed by atoms with Crippen LogP contribution >= 0.6 is 0 Å². The van der Waals surface area contributed by atoms with Gasteiger partial charge in [0.25, 0.3) is 11.8 Å². The van der Waals surface area contributed by atoms with Gasteiger partial charge in [-0.25, -0.2) is 13.1 Å². The summed E-state index contributed by atoms with van der Waals surface area (Å²) in [5, 5.41) is 0. The van der Waals surface area contributed by atoms with Crippen LogP contribution in [0.2, 0.25) is 0 Å². The number of hydrogen-bond donors (Lipinski definition) is 2. The van der Waals surface area contributed by atoms with E-state index in [9.17, 15) is 18.0 Å². The van der Waals surface area contributed by atoms with Crippen LogP contribution in [0.3, 0.4) is 0 Å². The molecule has 1 aromatic carbocycles. The molecule has 7 nitrogen and oxygen atoms in total. The smallest absolute Gasteiger partial charge is 0.261 e. The molecule has 1 aromatic rings. The highest BCUT2D eigenvalue weighted by molar-refractivity contribution is 7.89. The van der Waals surface area contributed by atoms with Crippen molar-refractivity contribution in [1.82, 2.24) is 9.62 Å². The maximum atomic E-state index is 12.9. The first kappa shape index (κ1) is 18.0. The number of carbonyl (C=O) groups is 2. The molecule has 25 heavy (non-hydrogen) atoms. The molecule has 0 spiro atoms. The van der Waals surface area contributed by atoms with Gasteiger partial charge in [0.15, 0.2) is 0 Å². The Morgan fingerprint density at radius 2 is 1.92 bits per heavy atom. The Balaban J connectivity index is 1.96. The SMILES string of the molecule is CC1CCCCC1(CN)NS(=O)(=O)c1ccc2c(c1)C(=O)N(C)C2=O. The fourth-order valence-electron chi connectivity index (χ4n) is 3.74. The van der Waals surface area contributed by atoms with E-state index in [-0.39, 0.29) is 28.5 Å². The molecule has 2 unspecified atom stereocenters. The van der Waals surface area contributed by atoms with E-state index < -0.39 is 27.4 Å². The number of imide groups is 1. The van der Waals surface area contributed by atoms with E-state index in [1.165, 1.54) is 25.2 Å². The van der Waals surface area contributed by atoms with E-state index in [2.05, 4.69) is 4.72 Å². The van der Waals surface area contributed by atoms with Crippen LogP contribution < -0.4 is 10.5 Å². The van der Waals surface area contributed by atoms with Crippen molar-refractivity contribution in [1.29, 1.82) is 0 Å². The van der Waals surface area contributed by atoms with Gasteiger partial charge in [-0.1, -0.05) is 19.8 Å². The number of nitrogens with zero attached hydrogens (tertiary/aromatic N) is 1. The Bertz CT molecular complexity index is 836. The van der Waals surface area contributed by atoms with Crippen LogP contribution in [0.1, 0.15) is 53.3 Å². The number of sulfonamides is 1. The minimum atomic E-state index is -3.86. The van der Waals surface area contributed by atoms with Crippen molar-refractivity contribution in [3.8, 4) is 0 Å². The number of fused-ring (bicyclic) bond motifs is 1. The summed E-state index contributed by atoms with van der Waals surface area (Å²) in [6.07, 6.45) is 3.59. The minimum absolute atomic E-state index is 0.0201. The number of rotatable bonds is 4. The molecule has 1 heterocycles. The van der Waals surface area contributed by atoms with E-state index >= 15 is 0 Å². The summed E-state index contributed by atoms with van der Waals surface area (Å²) in [6.45, 7) is 2.23. The lowest BCUT2D eigenvalue weighted by molar-refractivity contribution is 0.0693. The zero-order valence-electron chi connectivity index (χ0n) is 14.4. The Kier molecular flexibility index (Phi) is 4.47.